The highest BCUT2D eigenvalue weighted by Gasteiger charge is 2.55. The minimum Gasteiger partial charge on any atom is -0.355 e. The average Bonchev–Trinajstić information content (AvgIpc) is 3.33. The molecule has 1 unspecified atom stereocenters. The van der Waals surface area contributed by atoms with Crippen LogP contribution in [0.2, 0.25) is 0 Å². The van der Waals surface area contributed by atoms with Gasteiger partial charge in [-0.05, 0) is 48.4 Å². The Kier molecular flexibility index (Phi) is 4.20. The highest BCUT2D eigenvalue weighted by atomic mass is 16.1. The summed E-state index contributed by atoms with van der Waals surface area (Å²) in [5, 5.41) is 13.2. The molecule has 2 aliphatic rings. The summed E-state index contributed by atoms with van der Waals surface area (Å²) < 4.78 is 0. The molecule has 1 saturated carbocycles. The minimum atomic E-state index is 0.0291. The Morgan fingerprint density at radius 3 is 3.07 bits per heavy atom. The van der Waals surface area contributed by atoms with E-state index in [1.807, 2.05) is 30.5 Å². The number of H-pyrrole nitrogens is 1. The van der Waals surface area contributed by atoms with Crippen LogP contribution in [0.5, 0.6) is 0 Å². The van der Waals surface area contributed by atoms with Gasteiger partial charge in [-0.2, -0.15) is 5.26 Å². The van der Waals surface area contributed by atoms with Crippen LogP contribution < -0.4 is 10.2 Å². The predicted molar refractivity (Wildman–Crippen MR) is 109 cm³/mol. The van der Waals surface area contributed by atoms with E-state index in [9.17, 15) is 4.79 Å². The number of aromatic nitrogens is 3. The van der Waals surface area contributed by atoms with E-state index in [1.54, 1.807) is 12.4 Å². The van der Waals surface area contributed by atoms with Crippen molar-refractivity contribution >= 4 is 22.8 Å². The summed E-state index contributed by atoms with van der Waals surface area (Å²) in [4.78, 5) is 27.2. The largest absolute Gasteiger partial charge is 0.355 e. The van der Waals surface area contributed by atoms with Crippen LogP contribution in [0.3, 0.4) is 0 Å². The molecular formula is C22H22N6O. The van der Waals surface area contributed by atoms with Gasteiger partial charge in [0.05, 0.1) is 17.0 Å². The summed E-state index contributed by atoms with van der Waals surface area (Å²) >= 11 is 0. The second-order valence-electron chi connectivity index (χ2n) is 8.09. The zero-order valence-corrected chi connectivity index (χ0v) is 16.1. The van der Waals surface area contributed by atoms with E-state index in [2.05, 4.69) is 31.2 Å². The van der Waals surface area contributed by atoms with Gasteiger partial charge in [0.25, 0.3) is 0 Å². The number of hydrogen-bond acceptors (Lipinski definition) is 5. The number of nitrogens with zero attached hydrogens (tertiary/aromatic N) is 4. The zero-order valence-electron chi connectivity index (χ0n) is 16.1. The number of hydrogen-bond donors (Lipinski definition) is 2. The quantitative estimate of drug-likeness (QED) is 0.718. The molecule has 7 nitrogen and oxygen atoms in total. The van der Waals surface area contributed by atoms with E-state index < -0.39 is 0 Å². The van der Waals surface area contributed by atoms with Crippen molar-refractivity contribution < 1.29 is 4.79 Å². The van der Waals surface area contributed by atoms with Gasteiger partial charge in [-0.25, -0.2) is 9.97 Å². The van der Waals surface area contributed by atoms with Gasteiger partial charge < -0.3 is 15.2 Å². The number of carbonyl (C=O) groups is 1. The first-order valence-electron chi connectivity index (χ1n) is 9.98. The number of fused-ring (bicyclic) bond motifs is 1. The number of benzene rings is 1. The summed E-state index contributed by atoms with van der Waals surface area (Å²) in [6.07, 6.45) is 6.46. The van der Waals surface area contributed by atoms with E-state index >= 15 is 0 Å². The molecule has 5 rings (SSSR count). The van der Waals surface area contributed by atoms with Crippen LogP contribution >= 0.6 is 0 Å². The number of piperidine rings is 1. The maximum absolute atomic E-state index is 13.0. The van der Waals surface area contributed by atoms with Crippen molar-refractivity contribution in [2.75, 3.05) is 18.0 Å². The number of rotatable bonds is 4. The Morgan fingerprint density at radius 2 is 2.24 bits per heavy atom. The minimum absolute atomic E-state index is 0.0291. The Hall–Kier alpha value is -3.40. The lowest BCUT2D eigenvalue weighted by atomic mass is 9.81. The lowest BCUT2D eigenvalue weighted by molar-refractivity contribution is -0.128. The van der Waals surface area contributed by atoms with Crippen molar-refractivity contribution in [3.05, 3.63) is 54.0 Å². The first-order chi connectivity index (χ1) is 14.2. The number of nitrogens with one attached hydrogen (secondary N) is 2. The standard InChI is InChI=1S/C22H22N6O/c23-11-15-2-1-3-16(10-15)12-25-21(29)18-5-9-28(13-22(18)6-7-22)20-17-4-8-24-19(17)26-14-27-20/h1-4,8,10,14,18H,5-7,9,12-13H2,(H,25,29)(H,24,26,27). The zero-order chi connectivity index (χ0) is 19.8. The van der Waals surface area contributed by atoms with Crippen molar-refractivity contribution in [2.45, 2.75) is 25.8 Å². The molecule has 1 aliphatic carbocycles. The van der Waals surface area contributed by atoms with Crippen molar-refractivity contribution in [2.24, 2.45) is 11.3 Å². The second kappa shape index (κ2) is 6.89. The molecule has 1 atom stereocenters. The van der Waals surface area contributed by atoms with Crippen LogP contribution in [-0.2, 0) is 11.3 Å². The maximum Gasteiger partial charge on any atom is 0.224 e. The summed E-state index contributed by atoms with van der Waals surface area (Å²) in [7, 11) is 0. The Balaban J connectivity index is 1.28. The van der Waals surface area contributed by atoms with E-state index in [-0.39, 0.29) is 17.2 Å². The number of amides is 1. The SMILES string of the molecule is N#Cc1cccc(CNC(=O)C2CCN(c3ncnc4[nH]ccc34)CC23CC3)c1. The lowest BCUT2D eigenvalue weighted by Gasteiger charge is -2.39. The molecule has 0 radical (unpaired) electrons. The summed E-state index contributed by atoms with van der Waals surface area (Å²) in [6.45, 7) is 2.12. The molecule has 1 aliphatic heterocycles. The molecule has 3 heterocycles. The van der Waals surface area contributed by atoms with E-state index in [0.29, 0.717) is 12.1 Å². The molecule has 3 aromatic rings. The van der Waals surface area contributed by atoms with Gasteiger partial charge >= 0.3 is 0 Å². The Labute approximate surface area is 168 Å². The van der Waals surface area contributed by atoms with Gasteiger partial charge in [0.1, 0.15) is 17.8 Å². The van der Waals surface area contributed by atoms with Crippen LogP contribution in [0, 0.1) is 22.7 Å². The van der Waals surface area contributed by atoms with Crippen LogP contribution in [-0.4, -0.2) is 33.9 Å². The number of anilines is 1. The molecule has 1 saturated heterocycles. The molecular weight excluding hydrogens is 364 g/mol. The Morgan fingerprint density at radius 1 is 1.34 bits per heavy atom. The molecule has 7 heteroatoms. The summed E-state index contributed by atoms with van der Waals surface area (Å²) in [5.41, 5.74) is 2.46. The fourth-order valence-electron chi connectivity index (χ4n) is 4.59. The van der Waals surface area contributed by atoms with Crippen LogP contribution in [0.15, 0.2) is 42.9 Å². The maximum atomic E-state index is 13.0. The molecule has 2 fully saturated rings. The first kappa shape index (κ1) is 17.7. The molecule has 0 bridgehead atoms. The summed E-state index contributed by atoms with van der Waals surface area (Å²) in [6, 6.07) is 11.5. The predicted octanol–water partition coefficient (Wildman–Crippen LogP) is 2.75. The molecule has 1 aromatic carbocycles. The van der Waals surface area contributed by atoms with Gasteiger partial charge in [0.15, 0.2) is 0 Å². The fourth-order valence-corrected chi connectivity index (χ4v) is 4.59. The number of aromatic amines is 1. The van der Waals surface area contributed by atoms with E-state index in [0.717, 1.165) is 54.8 Å². The van der Waals surface area contributed by atoms with Crippen molar-refractivity contribution in [3.63, 3.8) is 0 Å². The first-order valence-corrected chi connectivity index (χ1v) is 9.98. The topological polar surface area (TPSA) is 97.7 Å². The smallest absolute Gasteiger partial charge is 0.224 e. The molecule has 2 aromatic heterocycles. The third-order valence-corrected chi connectivity index (χ3v) is 6.30. The molecule has 2 N–H and O–H groups in total. The lowest BCUT2D eigenvalue weighted by Crippen LogP contribution is -2.48. The van der Waals surface area contributed by atoms with E-state index in [4.69, 9.17) is 5.26 Å². The highest BCUT2D eigenvalue weighted by Crippen LogP contribution is 2.56. The van der Waals surface area contributed by atoms with Crippen LogP contribution in [0.4, 0.5) is 5.82 Å². The van der Waals surface area contributed by atoms with Crippen molar-refractivity contribution in [1.82, 2.24) is 20.3 Å². The van der Waals surface area contributed by atoms with Gasteiger partial charge in [-0.1, -0.05) is 12.1 Å². The van der Waals surface area contributed by atoms with Gasteiger partial charge in [-0.3, -0.25) is 4.79 Å². The molecule has 146 valence electrons. The Bertz CT molecular complexity index is 1110. The molecule has 1 amide bonds. The number of nitriles is 1. The fraction of sp³-hybridized carbons (Fsp3) is 0.364. The highest BCUT2D eigenvalue weighted by molar-refractivity contribution is 5.87. The third-order valence-electron chi connectivity index (χ3n) is 6.30. The number of carbonyl (C=O) groups excluding carboxylic acids is 1. The second-order valence-corrected chi connectivity index (χ2v) is 8.09. The van der Waals surface area contributed by atoms with Gasteiger partial charge in [0.2, 0.25) is 5.91 Å². The molecule has 1 spiro atoms. The average molecular weight is 386 g/mol. The van der Waals surface area contributed by atoms with Gasteiger partial charge in [0, 0.05) is 31.7 Å². The summed E-state index contributed by atoms with van der Waals surface area (Å²) in [5.74, 6) is 1.11. The normalized spacial score (nSPS) is 19.8. The van der Waals surface area contributed by atoms with Crippen LogP contribution in [0.25, 0.3) is 11.0 Å². The van der Waals surface area contributed by atoms with E-state index in [1.165, 1.54) is 0 Å². The van der Waals surface area contributed by atoms with Gasteiger partial charge in [-0.15, -0.1) is 0 Å². The monoisotopic (exact) mass is 386 g/mol. The van der Waals surface area contributed by atoms with Crippen molar-refractivity contribution in [3.8, 4) is 6.07 Å². The van der Waals surface area contributed by atoms with Crippen molar-refractivity contribution in [1.29, 1.82) is 5.26 Å². The van der Waals surface area contributed by atoms with Crippen LogP contribution in [0.1, 0.15) is 30.4 Å². The molecule has 29 heavy (non-hydrogen) atoms. The third kappa shape index (κ3) is 3.21.